The lowest BCUT2D eigenvalue weighted by Gasteiger charge is -2.36. The Hall–Kier alpha value is -4.13. The minimum absolute atomic E-state index is 0.0342. The van der Waals surface area contributed by atoms with Crippen molar-refractivity contribution >= 4 is 23.1 Å². The number of benzene rings is 2. The van der Waals surface area contributed by atoms with Crippen LogP contribution < -0.4 is 10.6 Å². The van der Waals surface area contributed by atoms with E-state index < -0.39 is 5.91 Å². The van der Waals surface area contributed by atoms with Crippen molar-refractivity contribution in [1.29, 1.82) is 0 Å². The quantitative estimate of drug-likeness (QED) is 0.545. The number of primary amides is 1. The van der Waals surface area contributed by atoms with Crippen LogP contribution in [0, 0.1) is 0 Å². The Balaban J connectivity index is 1.41. The molecule has 1 saturated heterocycles. The van der Waals surface area contributed by atoms with Gasteiger partial charge in [-0.2, -0.15) is 0 Å². The number of anilines is 1. The molecule has 1 aliphatic rings. The van der Waals surface area contributed by atoms with Gasteiger partial charge in [0.25, 0.3) is 5.91 Å². The number of amides is 2. The number of imidazole rings is 1. The molecule has 32 heavy (non-hydrogen) atoms. The van der Waals surface area contributed by atoms with Crippen molar-refractivity contribution in [2.75, 3.05) is 31.1 Å². The predicted octanol–water partition coefficient (Wildman–Crippen LogP) is 3.06. The number of fused-ring (bicyclic) bond motifs is 1. The smallest absolute Gasteiger partial charge is 0.273 e. The molecule has 3 heterocycles. The number of hydrogen-bond donors (Lipinski definition) is 1. The van der Waals surface area contributed by atoms with Crippen molar-refractivity contribution in [3.8, 4) is 11.3 Å². The topological polar surface area (TPSA) is 83.9 Å². The van der Waals surface area contributed by atoms with Crippen LogP contribution in [0.25, 0.3) is 16.9 Å². The molecule has 4 aromatic rings. The molecule has 7 nitrogen and oxygen atoms in total. The molecule has 0 saturated carbocycles. The Kier molecular flexibility index (Phi) is 5.07. The van der Waals surface area contributed by atoms with Crippen molar-refractivity contribution in [1.82, 2.24) is 14.3 Å². The highest BCUT2D eigenvalue weighted by Gasteiger charge is 2.28. The molecule has 2 aromatic carbocycles. The Labute approximate surface area is 185 Å². The van der Waals surface area contributed by atoms with Crippen LogP contribution in [0.15, 0.2) is 79.0 Å². The Morgan fingerprint density at radius 1 is 0.844 bits per heavy atom. The molecule has 1 fully saturated rings. The second-order valence-electron chi connectivity index (χ2n) is 7.80. The van der Waals surface area contributed by atoms with Gasteiger partial charge in [-0.05, 0) is 30.3 Å². The third-order valence-electron chi connectivity index (χ3n) is 5.84. The predicted molar refractivity (Wildman–Crippen MR) is 124 cm³/mol. The summed E-state index contributed by atoms with van der Waals surface area (Å²) in [7, 11) is 0. The normalized spacial score (nSPS) is 14.0. The third-order valence-corrected chi connectivity index (χ3v) is 5.84. The molecule has 0 bridgehead atoms. The molecule has 0 radical (unpaired) electrons. The van der Waals surface area contributed by atoms with Gasteiger partial charge in [0.1, 0.15) is 17.0 Å². The number of pyridine rings is 1. The summed E-state index contributed by atoms with van der Waals surface area (Å²) in [6.07, 6.45) is 1.88. The SMILES string of the molecule is NC(=O)c1cccc(N2CCN(C(=O)c3c(-c4ccccc4)nc4ccccn34)CC2)c1. The van der Waals surface area contributed by atoms with E-state index in [0.29, 0.717) is 43.1 Å². The van der Waals surface area contributed by atoms with Crippen LogP contribution >= 0.6 is 0 Å². The largest absolute Gasteiger partial charge is 0.368 e. The molecule has 2 amide bonds. The minimum Gasteiger partial charge on any atom is -0.368 e. The zero-order valence-corrected chi connectivity index (χ0v) is 17.5. The first-order valence-corrected chi connectivity index (χ1v) is 10.6. The summed E-state index contributed by atoms with van der Waals surface area (Å²) in [6.45, 7) is 2.50. The minimum atomic E-state index is -0.443. The van der Waals surface area contributed by atoms with E-state index in [-0.39, 0.29) is 5.91 Å². The molecule has 7 heteroatoms. The maximum atomic E-state index is 13.6. The van der Waals surface area contributed by atoms with Gasteiger partial charge in [0.05, 0.1) is 0 Å². The van der Waals surface area contributed by atoms with Gasteiger partial charge >= 0.3 is 0 Å². The molecule has 2 N–H and O–H groups in total. The van der Waals surface area contributed by atoms with Gasteiger partial charge in [-0.25, -0.2) is 4.98 Å². The lowest BCUT2D eigenvalue weighted by molar-refractivity contribution is 0.0740. The highest BCUT2D eigenvalue weighted by molar-refractivity contribution is 6.00. The molecule has 0 aliphatic carbocycles. The number of nitrogens with zero attached hydrogens (tertiary/aromatic N) is 4. The lowest BCUT2D eigenvalue weighted by Crippen LogP contribution is -2.49. The number of nitrogens with two attached hydrogens (primary N) is 1. The van der Waals surface area contributed by atoms with Gasteiger partial charge in [0.15, 0.2) is 0 Å². The van der Waals surface area contributed by atoms with Gasteiger partial charge in [-0.3, -0.25) is 14.0 Å². The molecular weight excluding hydrogens is 402 g/mol. The zero-order chi connectivity index (χ0) is 22.1. The fourth-order valence-corrected chi connectivity index (χ4v) is 4.17. The Morgan fingerprint density at radius 3 is 2.34 bits per heavy atom. The van der Waals surface area contributed by atoms with Crippen LogP contribution in [-0.2, 0) is 0 Å². The van der Waals surface area contributed by atoms with Crippen molar-refractivity contribution in [2.24, 2.45) is 5.73 Å². The van der Waals surface area contributed by atoms with Gasteiger partial charge in [-0.1, -0.05) is 42.5 Å². The summed E-state index contributed by atoms with van der Waals surface area (Å²) < 4.78 is 1.87. The Morgan fingerprint density at radius 2 is 1.59 bits per heavy atom. The summed E-state index contributed by atoms with van der Waals surface area (Å²) >= 11 is 0. The Bertz CT molecular complexity index is 1290. The number of carbonyl (C=O) groups excluding carboxylic acids is 2. The summed E-state index contributed by atoms with van der Waals surface area (Å²) in [5.74, 6) is -0.477. The maximum absolute atomic E-state index is 13.6. The first kappa shape index (κ1) is 19.8. The molecule has 0 spiro atoms. The summed E-state index contributed by atoms with van der Waals surface area (Å²) in [4.78, 5) is 33.9. The van der Waals surface area contributed by atoms with Crippen molar-refractivity contribution in [3.05, 3.63) is 90.3 Å². The van der Waals surface area contributed by atoms with Crippen LogP contribution in [0.3, 0.4) is 0 Å². The fourth-order valence-electron chi connectivity index (χ4n) is 4.17. The first-order valence-electron chi connectivity index (χ1n) is 10.6. The van der Waals surface area contributed by atoms with E-state index in [4.69, 9.17) is 10.7 Å². The van der Waals surface area contributed by atoms with E-state index in [1.54, 1.807) is 12.1 Å². The molecular formula is C25H23N5O2. The number of piperazine rings is 1. The summed E-state index contributed by atoms with van der Waals surface area (Å²) in [5.41, 5.74) is 9.78. The van der Waals surface area contributed by atoms with E-state index in [1.807, 2.05) is 76.2 Å². The second kappa shape index (κ2) is 8.19. The standard InChI is InChI=1S/C25H23N5O2/c26-24(31)19-9-6-10-20(17-19)28-13-15-29(16-14-28)25(32)23-22(18-7-2-1-3-8-18)27-21-11-4-5-12-30(21)23/h1-12,17H,13-16H2,(H2,26,31). The molecule has 5 rings (SSSR count). The average Bonchev–Trinajstić information content (AvgIpc) is 3.24. The van der Waals surface area contributed by atoms with E-state index >= 15 is 0 Å². The van der Waals surface area contributed by atoms with Crippen molar-refractivity contribution in [3.63, 3.8) is 0 Å². The number of hydrogen-bond acceptors (Lipinski definition) is 4. The molecule has 2 aromatic heterocycles. The number of aromatic nitrogens is 2. The van der Waals surface area contributed by atoms with Crippen LogP contribution in [0.5, 0.6) is 0 Å². The first-order chi connectivity index (χ1) is 15.6. The maximum Gasteiger partial charge on any atom is 0.273 e. The summed E-state index contributed by atoms with van der Waals surface area (Å²) in [6, 6.07) is 22.8. The zero-order valence-electron chi connectivity index (χ0n) is 17.5. The monoisotopic (exact) mass is 425 g/mol. The average molecular weight is 425 g/mol. The molecule has 0 unspecified atom stereocenters. The second-order valence-corrected chi connectivity index (χ2v) is 7.80. The fraction of sp³-hybridized carbons (Fsp3) is 0.160. The van der Waals surface area contributed by atoms with Gasteiger partial charge < -0.3 is 15.5 Å². The highest BCUT2D eigenvalue weighted by Crippen LogP contribution is 2.26. The lowest BCUT2D eigenvalue weighted by atomic mass is 10.1. The molecule has 0 atom stereocenters. The van der Waals surface area contributed by atoms with Crippen molar-refractivity contribution < 1.29 is 9.59 Å². The highest BCUT2D eigenvalue weighted by atomic mass is 16.2. The van der Waals surface area contributed by atoms with E-state index in [2.05, 4.69) is 4.90 Å². The van der Waals surface area contributed by atoms with E-state index in [1.165, 1.54) is 0 Å². The molecule has 1 aliphatic heterocycles. The number of carbonyl (C=O) groups is 2. The summed E-state index contributed by atoms with van der Waals surface area (Å²) in [5, 5.41) is 0. The van der Waals surface area contributed by atoms with Crippen LogP contribution in [-0.4, -0.2) is 52.3 Å². The van der Waals surface area contributed by atoms with E-state index in [9.17, 15) is 9.59 Å². The van der Waals surface area contributed by atoms with Crippen LogP contribution in [0.4, 0.5) is 5.69 Å². The van der Waals surface area contributed by atoms with Crippen LogP contribution in [0.2, 0.25) is 0 Å². The third kappa shape index (κ3) is 3.58. The van der Waals surface area contributed by atoms with E-state index in [0.717, 1.165) is 16.9 Å². The number of rotatable bonds is 4. The molecule has 160 valence electrons. The van der Waals surface area contributed by atoms with Crippen LogP contribution in [0.1, 0.15) is 20.8 Å². The van der Waals surface area contributed by atoms with Gasteiger partial charge in [0.2, 0.25) is 5.91 Å². The van der Waals surface area contributed by atoms with Crippen molar-refractivity contribution in [2.45, 2.75) is 0 Å². The van der Waals surface area contributed by atoms with Gasteiger partial charge in [0, 0.05) is 49.2 Å². The van der Waals surface area contributed by atoms with Gasteiger partial charge in [-0.15, -0.1) is 0 Å².